The Morgan fingerprint density at radius 1 is 0.604 bits per heavy atom. The van der Waals surface area contributed by atoms with Gasteiger partial charge in [0.1, 0.15) is 22.8 Å². The maximum Gasteiger partial charge on any atom is 0.285 e. The monoisotopic (exact) mass is 625 g/mol. The summed E-state index contributed by atoms with van der Waals surface area (Å²) < 4.78 is 20.4. The first-order chi connectivity index (χ1) is 23.4. The third-order valence-electron chi connectivity index (χ3n) is 12.2. The highest BCUT2D eigenvalue weighted by molar-refractivity contribution is 6.99. The number of rotatable bonds is 5. The first-order valence-corrected chi connectivity index (χ1v) is 17.7. The summed E-state index contributed by atoms with van der Waals surface area (Å²) in [7, 11) is 0. The molecule has 5 heteroatoms. The minimum absolute atomic E-state index is 0.0369. The number of furan rings is 1. The second kappa shape index (κ2) is 9.38. The fourth-order valence-corrected chi connectivity index (χ4v) is 8.56. The predicted octanol–water partition coefficient (Wildman–Crippen LogP) is 8.61. The van der Waals surface area contributed by atoms with Crippen molar-refractivity contribution in [1.29, 1.82) is 0 Å². The summed E-state index contributed by atoms with van der Waals surface area (Å²) in [6.45, 7) is 6.86. The molecule has 0 spiro atoms. The smallest absolute Gasteiger partial charge is 0.285 e. The standard InChI is InChI=1S/C43H36BNO3/c1-4-43(2,3)30-13-16-36-34(21-30)40-42(47-36)48-39-23-33(22-38-41(39)44(40)35-19-28-9-10-29(28)20-37(35)46-38)45(31-14-11-24-5-7-26(24)17-31)32-15-12-25-6-8-27(25)18-32/h11-23H,4-10H2,1-3H3. The molecular weight excluding hydrogens is 589 g/mol. The SMILES string of the molecule is CCC(C)(C)c1ccc2oc3c(c2c1)B1c2cc4c(cc2Oc2cc(N(c5ccc6c(c5)CC6)c5ccc6c(c5)CC6)cc(c21)O3)CC4. The Morgan fingerprint density at radius 3 is 1.85 bits per heavy atom. The van der Waals surface area contributed by atoms with Gasteiger partial charge in [0.2, 0.25) is 0 Å². The summed E-state index contributed by atoms with van der Waals surface area (Å²) in [5.74, 6) is 3.22. The van der Waals surface area contributed by atoms with Gasteiger partial charge in [0.15, 0.2) is 0 Å². The van der Waals surface area contributed by atoms with E-state index >= 15 is 0 Å². The van der Waals surface area contributed by atoms with Crippen LogP contribution in [0.1, 0.15) is 66.1 Å². The van der Waals surface area contributed by atoms with Crippen molar-refractivity contribution in [3.8, 4) is 23.2 Å². The van der Waals surface area contributed by atoms with E-state index in [4.69, 9.17) is 13.9 Å². The number of nitrogens with zero attached hydrogens (tertiary/aromatic N) is 1. The molecular formula is C43H36BNO3. The number of fused-ring (bicyclic) bond motifs is 9. The van der Waals surface area contributed by atoms with Gasteiger partial charge in [-0.25, -0.2) is 0 Å². The number of hydrogen-bond acceptors (Lipinski definition) is 4. The van der Waals surface area contributed by atoms with E-state index in [-0.39, 0.29) is 12.1 Å². The lowest BCUT2D eigenvalue weighted by Crippen LogP contribution is -2.57. The van der Waals surface area contributed by atoms with Crippen molar-refractivity contribution in [2.24, 2.45) is 0 Å². The highest BCUT2D eigenvalue weighted by Crippen LogP contribution is 2.46. The molecule has 2 aliphatic heterocycles. The molecule has 5 aromatic carbocycles. The molecule has 0 saturated heterocycles. The number of aryl methyl sites for hydroxylation is 6. The average molecular weight is 626 g/mol. The maximum atomic E-state index is 6.93. The van der Waals surface area contributed by atoms with Gasteiger partial charge in [0.05, 0.1) is 5.69 Å². The van der Waals surface area contributed by atoms with Gasteiger partial charge in [-0.3, -0.25) is 0 Å². The van der Waals surface area contributed by atoms with Gasteiger partial charge >= 0.3 is 0 Å². The van der Waals surface area contributed by atoms with Crippen LogP contribution in [0.5, 0.6) is 23.2 Å². The fourth-order valence-electron chi connectivity index (χ4n) is 8.56. The summed E-state index contributed by atoms with van der Waals surface area (Å²) in [6, 6.07) is 29.7. The molecule has 0 bridgehead atoms. The van der Waals surface area contributed by atoms with E-state index in [9.17, 15) is 0 Å². The lowest BCUT2D eigenvalue weighted by atomic mass is 9.34. The van der Waals surface area contributed by atoms with Crippen LogP contribution in [0.3, 0.4) is 0 Å². The first-order valence-electron chi connectivity index (χ1n) is 17.7. The fraction of sp³-hybridized carbons (Fsp3) is 0.256. The quantitative estimate of drug-likeness (QED) is 0.180. The topological polar surface area (TPSA) is 34.8 Å². The van der Waals surface area contributed by atoms with Gasteiger partial charge in [-0.05, 0) is 137 Å². The molecule has 0 N–H and O–H groups in total. The molecule has 234 valence electrons. The minimum atomic E-state index is -0.0369. The normalized spacial score (nSPS) is 15.7. The zero-order valence-electron chi connectivity index (χ0n) is 27.7. The van der Waals surface area contributed by atoms with E-state index in [1.807, 2.05) is 0 Å². The zero-order valence-corrected chi connectivity index (χ0v) is 27.7. The Balaban J connectivity index is 1.14. The molecule has 0 amide bonds. The van der Waals surface area contributed by atoms with E-state index in [1.165, 1.54) is 68.6 Å². The molecule has 0 saturated carbocycles. The van der Waals surface area contributed by atoms with Crippen LogP contribution < -0.4 is 30.8 Å². The lowest BCUT2D eigenvalue weighted by molar-refractivity contribution is 0.362. The summed E-state index contributed by atoms with van der Waals surface area (Å²) in [4.78, 5) is 2.39. The Kier molecular flexibility index (Phi) is 5.29. The van der Waals surface area contributed by atoms with Crippen molar-refractivity contribution in [2.45, 2.75) is 71.1 Å². The molecule has 11 rings (SSSR count). The summed E-state index contributed by atoms with van der Waals surface area (Å²) in [5.41, 5.74) is 17.7. The number of benzene rings is 5. The van der Waals surface area contributed by atoms with Crippen LogP contribution in [-0.2, 0) is 43.9 Å². The molecule has 48 heavy (non-hydrogen) atoms. The van der Waals surface area contributed by atoms with Gasteiger partial charge in [-0.1, -0.05) is 45.0 Å². The van der Waals surface area contributed by atoms with Gasteiger partial charge in [0, 0.05) is 39.8 Å². The van der Waals surface area contributed by atoms with Crippen LogP contribution in [0.25, 0.3) is 11.0 Å². The van der Waals surface area contributed by atoms with Crippen LogP contribution in [0.15, 0.2) is 83.3 Å². The largest absolute Gasteiger partial charge is 0.458 e. The Labute approximate surface area is 281 Å². The molecule has 0 atom stereocenters. The molecule has 1 aromatic heterocycles. The summed E-state index contributed by atoms with van der Waals surface area (Å²) >= 11 is 0. The Hall–Kier alpha value is -4.90. The summed E-state index contributed by atoms with van der Waals surface area (Å²) in [5, 5.41) is 1.14. The van der Waals surface area contributed by atoms with Gasteiger partial charge in [-0.15, -0.1) is 0 Å². The zero-order chi connectivity index (χ0) is 31.9. The van der Waals surface area contributed by atoms with Crippen LogP contribution in [0.2, 0.25) is 0 Å². The minimum Gasteiger partial charge on any atom is -0.458 e. The van der Waals surface area contributed by atoms with E-state index in [2.05, 4.69) is 105 Å². The second-order valence-corrected chi connectivity index (χ2v) is 15.1. The molecule has 0 radical (unpaired) electrons. The van der Waals surface area contributed by atoms with Gasteiger partial charge < -0.3 is 18.8 Å². The van der Waals surface area contributed by atoms with Crippen LogP contribution in [-0.4, -0.2) is 6.71 Å². The van der Waals surface area contributed by atoms with Crippen molar-refractivity contribution < 1.29 is 13.9 Å². The molecule has 0 fully saturated rings. The Bertz CT molecular complexity index is 2350. The van der Waals surface area contributed by atoms with E-state index in [0.717, 1.165) is 76.9 Å². The van der Waals surface area contributed by atoms with Crippen LogP contribution in [0, 0.1) is 0 Å². The van der Waals surface area contributed by atoms with E-state index in [0.29, 0.717) is 5.95 Å². The van der Waals surface area contributed by atoms with Crippen LogP contribution >= 0.6 is 0 Å². The first kappa shape index (κ1) is 27.1. The summed E-state index contributed by atoms with van der Waals surface area (Å²) in [6.07, 6.45) is 7.89. The molecule has 6 aromatic rings. The Morgan fingerprint density at radius 2 is 1.23 bits per heavy atom. The van der Waals surface area contributed by atoms with E-state index < -0.39 is 0 Å². The predicted molar refractivity (Wildman–Crippen MR) is 194 cm³/mol. The van der Waals surface area contributed by atoms with Crippen molar-refractivity contribution in [3.63, 3.8) is 0 Å². The number of anilines is 3. The highest BCUT2D eigenvalue weighted by atomic mass is 16.6. The maximum absolute atomic E-state index is 6.93. The third-order valence-corrected chi connectivity index (χ3v) is 12.2. The van der Waals surface area contributed by atoms with Crippen LogP contribution in [0.4, 0.5) is 17.1 Å². The average Bonchev–Trinajstić information content (AvgIpc) is 3.42. The van der Waals surface area contributed by atoms with Gasteiger partial charge in [-0.2, -0.15) is 0 Å². The lowest BCUT2D eigenvalue weighted by Gasteiger charge is -2.35. The van der Waals surface area contributed by atoms with Gasteiger partial charge in [0.25, 0.3) is 12.7 Å². The molecule has 5 aliphatic rings. The number of hydrogen-bond donors (Lipinski definition) is 0. The van der Waals surface area contributed by atoms with Crippen molar-refractivity contribution >= 4 is 51.1 Å². The molecule has 3 aliphatic carbocycles. The molecule has 3 heterocycles. The van der Waals surface area contributed by atoms with Crippen molar-refractivity contribution in [3.05, 3.63) is 118 Å². The molecule has 0 unspecified atom stereocenters. The second-order valence-electron chi connectivity index (χ2n) is 15.1. The molecule has 4 nitrogen and oxygen atoms in total. The third kappa shape index (κ3) is 3.68. The van der Waals surface area contributed by atoms with Crippen molar-refractivity contribution in [1.82, 2.24) is 0 Å². The highest BCUT2D eigenvalue weighted by Gasteiger charge is 2.45. The van der Waals surface area contributed by atoms with E-state index in [1.54, 1.807) is 0 Å². The number of ether oxygens (including phenoxy) is 2. The van der Waals surface area contributed by atoms with Crippen molar-refractivity contribution in [2.75, 3.05) is 4.90 Å².